The molecule has 0 amide bonds. The topological polar surface area (TPSA) is 24.5 Å². The highest BCUT2D eigenvalue weighted by Crippen LogP contribution is 2.42. The second kappa shape index (κ2) is 6.11. The molecule has 0 aromatic rings. The predicted octanol–water partition coefficient (Wildman–Crippen LogP) is 2.55. The van der Waals surface area contributed by atoms with Gasteiger partial charge in [0.2, 0.25) is 0 Å². The summed E-state index contributed by atoms with van der Waals surface area (Å²) in [5, 5.41) is 3.49. The van der Waals surface area contributed by atoms with Crippen molar-refractivity contribution in [3.05, 3.63) is 0 Å². The van der Waals surface area contributed by atoms with E-state index < -0.39 is 0 Å². The molecule has 3 aliphatic rings. The average molecular weight is 266 g/mol. The van der Waals surface area contributed by atoms with E-state index in [9.17, 15) is 0 Å². The molecule has 2 heterocycles. The summed E-state index contributed by atoms with van der Waals surface area (Å²) in [5.41, 5.74) is 0.288. The first-order valence-electron chi connectivity index (χ1n) is 8.44. The minimum Gasteiger partial charge on any atom is -0.370 e. The third-order valence-corrected chi connectivity index (χ3v) is 5.50. The molecule has 2 aliphatic heterocycles. The Morgan fingerprint density at radius 1 is 1.16 bits per heavy atom. The Labute approximate surface area is 118 Å². The summed E-state index contributed by atoms with van der Waals surface area (Å²) < 4.78 is 6.52. The number of hydrogen-bond acceptors (Lipinski definition) is 3. The molecule has 3 nitrogen and oxygen atoms in total. The van der Waals surface area contributed by atoms with Gasteiger partial charge < -0.3 is 10.1 Å². The minimum atomic E-state index is 0.288. The maximum absolute atomic E-state index is 6.52. The maximum Gasteiger partial charge on any atom is 0.0710 e. The van der Waals surface area contributed by atoms with E-state index in [1.807, 2.05) is 0 Å². The standard InChI is InChI=1S/C16H30N2O/c1-2-18(14-7-11-17-12-14)13-15-6-10-16(19-15)8-4-3-5-9-16/h14-15,17H,2-13H2,1H3. The molecule has 3 fully saturated rings. The molecule has 1 N–H and O–H groups in total. The lowest BCUT2D eigenvalue weighted by Gasteiger charge is -2.35. The van der Waals surface area contributed by atoms with Crippen LogP contribution in [0.3, 0.4) is 0 Å². The van der Waals surface area contributed by atoms with E-state index in [-0.39, 0.29) is 5.60 Å². The molecule has 0 aromatic carbocycles. The van der Waals surface area contributed by atoms with Crippen LogP contribution in [0, 0.1) is 0 Å². The second-order valence-corrected chi connectivity index (χ2v) is 6.76. The summed E-state index contributed by atoms with van der Waals surface area (Å²) in [5.74, 6) is 0. The van der Waals surface area contributed by atoms with Gasteiger partial charge in [0, 0.05) is 19.1 Å². The average Bonchev–Trinajstić information content (AvgIpc) is 3.08. The largest absolute Gasteiger partial charge is 0.370 e. The fourth-order valence-electron chi connectivity index (χ4n) is 4.34. The molecular weight excluding hydrogens is 236 g/mol. The molecule has 2 saturated heterocycles. The van der Waals surface area contributed by atoms with Crippen molar-refractivity contribution in [3.8, 4) is 0 Å². The van der Waals surface area contributed by atoms with Gasteiger partial charge >= 0.3 is 0 Å². The molecule has 0 radical (unpaired) electrons. The molecule has 3 heteroatoms. The van der Waals surface area contributed by atoms with E-state index in [1.165, 1.54) is 71.0 Å². The van der Waals surface area contributed by atoms with Gasteiger partial charge in [-0.05, 0) is 45.2 Å². The van der Waals surface area contributed by atoms with E-state index in [1.54, 1.807) is 0 Å². The van der Waals surface area contributed by atoms with E-state index in [4.69, 9.17) is 4.74 Å². The zero-order valence-corrected chi connectivity index (χ0v) is 12.5. The molecule has 1 spiro atoms. The molecule has 19 heavy (non-hydrogen) atoms. The van der Waals surface area contributed by atoms with Gasteiger partial charge in [-0.1, -0.05) is 26.2 Å². The molecule has 0 bridgehead atoms. The summed E-state index contributed by atoms with van der Waals surface area (Å²) in [6.45, 7) is 6.98. The summed E-state index contributed by atoms with van der Waals surface area (Å²) in [4.78, 5) is 2.65. The molecule has 2 unspecified atom stereocenters. The van der Waals surface area contributed by atoms with Crippen molar-refractivity contribution in [3.63, 3.8) is 0 Å². The first-order valence-corrected chi connectivity index (χ1v) is 8.44. The third-order valence-electron chi connectivity index (χ3n) is 5.50. The Morgan fingerprint density at radius 2 is 2.00 bits per heavy atom. The van der Waals surface area contributed by atoms with Crippen molar-refractivity contribution in [1.82, 2.24) is 10.2 Å². The van der Waals surface area contributed by atoms with Crippen LogP contribution in [-0.4, -0.2) is 48.8 Å². The van der Waals surface area contributed by atoms with Crippen molar-refractivity contribution < 1.29 is 4.74 Å². The van der Waals surface area contributed by atoms with Crippen LogP contribution in [0.5, 0.6) is 0 Å². The quantitative estimate of drug-likeness (QED) is 0.846. The van der Waals surface area contributed by atoms with Crippen LogP contribution >= 0.6 is 0 Å². The van der Waals surface area contributed by atoms with E-state index >= 15 is 0 Å². The Morgan fingerprint density at radius 3 is 2.68 bits per heavy atom. The highest BCUT2D eigenvalue weighted by molar-refractivity contribution is 4.93. The van der Waals surface area contributed by atoms with Gasteiger partial charge in [-0.15, -0.1) is 0 Å². The Bertz CT molecular complexity index is 282. The van der Waals surface area contributed by atoms with Gasteiger partial charge in [0.05, 0.1) is 11.7 Å². The zero-order chi connectivity index (χ0) is 13.1. The molecule has 2 atom stereocenters. The molecule has 1 saturated carbocycles. The molecule has 0 aromatic heterocycles. The van der Waals surface area contributed by atoms with Crippen molar-refractivity contribution in [2.45, 2.75) is 76.0 Å². The zero-order valence-electron chi connectivity index (χ0n) is 12.5. The highest BCUT2D eigenvalue weighted by Gasteiger charge is 2.41. The second-order valence-electron chi connectivity index (χ2n) is 6.76. The van der Waals surface area contributed by atoms with Gasteiger partial charge in [0.15, 0.2) is 0 Å². The lowest BCUT2D eigenvalue weighted by Crippen LogP contribution is -2.42. The third kappa shape index (κ3) is 3.14. The number of nitrogens with one attached hydrogen (secondary N) is 1. The predicted molar refractivity (Wildman–Crippen MR) is 78.4 cm³/mol. The number of hydrogen-bond donors (Lipinski definition) is 1. The van der Waals surface area contributed by atoms with Crippen LogP contribution in [0.4, 0.5) is 0 Å². The van der Waals surface area contributed by atoms with Gasteiger partial charge in [-0.25, -0.2) is 0 Å². The van der Waals surface area contributed by atoms with Crippen LogP contribution in [0.15, 0.2) is 0 Å². The normalized spacial score (nSPS) is 34.4. The first-order chi connectivity index (χ1) is 9.31. The van der Waals surface area contributed by atoms with Gasteiger partial charge in [-0.2, -0.15) is 0 Å². The highest BCUT2D eigenvalue weighted by atomic mass is 16.5. The first kappa shape index (κ1) is 13.8. The Kier molecular flexibility index (Phi) is 4.45. The summed E-state index contributed by atoms with van der Waals surface area (Å²) in [6, 6.07) is 0.747. The van der Waals surface area contributed by atoms with Crippen molar-refractivity contribution in [1.29, 1.82) is 0 Å². The lowest BCUT2D eigenvalue weighted by atomic mass is 9.83. The van der Waals surface area contributed by atoms with Crippen molar-refractivity contribution >= 4 is 0 Å². The molecular formula is C16H30N2O. The summed E-state index contributed by atoms with van der Waals surface area (Å²) in [6.07, 6.45) is 11.2. The smallest absolute Gasteiger partial charge is 0.0710 e. The number of rotatable bonds is 4. The van der Waals surface area contributed by atoms with Crippen LogP contribution in [0.1, 0.15) is 58.3 Å². The number of ether oxygens (including phenoxy) is 1. The Balaban J connectivity index is 1.52. The fourth-order valence-corrected chi connectivity index (χ4v) is 4.34. The number of likely N-dealkylation sites (N-methyl/N-ethyl adjacent to an activating group) is 1. The van der Waals surface area contributed by atoms with Gasteiger partial charge in [0.25, 0.3) is 0 Å². The van der Waals surface area contributed by atoms with Crippen LogP contribution < -0.4 is 5.32 Å². The minimum absolute atomic E-state index is 0.288. The van der Waals surface area contributed by atoms with Crippen LogP contribution in [0.25, 0.3) is 0 Å². The molecule has 3 rings (SSSR count). The van der Waals surface area contributed by atoms with Crippen LogP contribution in [0.2, 0.25) is 0 Å². The molecule has 110 valence electrons. The van der Waals surface area contributed by atoms with Crippen molar-refractivity contribution in [2.24, 2.45) is 0 Å². The SMILES string of the molecule is CCN(CC1CCC2(CCCCC2)O1)C1CCNC1. The van der Waals surface area contributed by atoms with E-state index in [2.05, 4.69) is 17.1 Å². The van der Waals surface area contributed by atoms with Crippen LogP contribution in [-0.2, 0) is 4.74 Å². The Hall–Kier alpha value is -0.120. The molecule has 1 aliphatic carbocycles. The van der Waals surface area contributed by atoms with E-state index in [0.717, 1.165) is 12.6 Å². The summed E-state index contributed by atoms with van der Waals surface area (Å²) in [7, 11) is 0. The van der Waals surface area contributed by atoms with E-state index in [0.29, 0.717) is 6.10 Å². The fraction of sp³-hybridized carbons (Fsp3) is 1.00. The summed E-state index contributed by atoms with van der Waals surface area (Å²) >= 11 is 0. The van der Waals surface area contributed by atoms with Gasteiger partial charge in [0.1, 0.15) is 0 Å². The lowest BCUT2D eigenvalue weighted by molar-refractivity contribution is -0.0739. The van der Waals surface area contributed by atoms with Crippen molar-refractivity contribution in [2.75, 3.05) is 26.2 Å². The van der Waals surface area contributed by atoms with Gasteiger partial charge in [-0.3, -0.25) is 4.90 Å². The number of nitrogens with zero attached hydrogens (tertiary/aromatic N) is 1. The maximum atomic E-state index is 6.52. The monoisotopic (exact) mass is 266 g/mol.